The standard InChI is InChI=1S/C35H35F6N7O2S/c1-46(2)32(49)17-5-6-19(11-17)47(3)31-21-12-23(35(39,40)41)26(20-7-8-24(37)29-25(20)22(14-42)30(43)51-29)27(38)28(21)44-33(45-31)50-16-34-9-4-10-48(34)15-18(36)13-34/h7-8,12,17-19H,4-6,9-11,13,15-16,43H2,1-3H3/t17-,18-,19-,34+/m1/s1. The van der Waals surface area contributed by atoms with E-state index in [0.717, 1.165) is 24.6 Å². The van der Waals surface area contributed by atoms with Gasteiger partial charge in [0, 0.05) is 62.4 Å². The maximum atomic E-state index is 17.1. The molecule has 7 rings (SSSR count). The molecule has 270 valence electrons. The molecule has 0 radical (unpaired) electrons. The second kappa shape index (κ2) is 12.7. The van der Waals surface area contributed by atoms with Crippen molar-refractivity contribution in [1.82, 2.24) is 19.8 Å². The van der Waals surface area contributed by atoms with Gasteiger partial charge in [-0.3, -0.25) is 9.69 Å². The number of benzene rings is 2. The van der Waals surface area contributed by atoms with Gasteiger partial charge in [0.1, 0.15) is 41.0 Å². The zero-order valence-electron chi connectivity index (χ0n) is 28.1. The Hall–Kier alpha value is -4.36. The number of amides is 1. The summed E-state index contributed by atoms with van der Waals surface area (Å²) in [6.45, 7) is 0.928. The van der Waals surface area contributed by atoms with Crippen molar-refractivity contribution in [3.8, 4) is 23.2 Å². The van der Waals surface area contributed by atoms with Crippen LogP contribution in [0.2, 0.25) is 0 Å². The number of aromatic nitrogens is 2. The summed E-state index contributed by atoms with van der Waals surface area (Å²) in [4.78, 5) is 26.8. The molecule has 2 N–H and O–H groups in total. The summed E-state index contributed by atoms with van der Waals surface area (Å²) in [5.74, 6) is -2.62. The molecule has 51 heavy (non-hydrogen) atoms. The Kier molecular flexibility index (Phi) is 8.73. The highest BCUT2D eigenvalue weighted by Gasteiger charge is 2.49. The number of fused-ring (bicyclic) bond motifs is 3. The molecular weight excluding hydrogens is 696 g/mol. The normalized spacial score (nSPS) is 23.6. The quantitative estimate of drug-likeness (QED) is 0.204. The van der Waals surface area contributed by atoms with E-state index >= 15 is 17.6 Å². The molecule has 1 saturated carbocycles. The Morgan fingerprint density at radius 1 is 1.22 bits per heavy atom. The van der Waals surface area contributed by atoms with Crippen molar-refractivity contribution in [2.45, 2.75) is 62.5 Å². The first-order valence-electron chi connectivity index (χ1n) is 16.6. The van der Waals surface area contributed by atoms with Gasteiger partial charge in [-0.1, -0.05) is 6.07 Å². The third kappa shape index (κ3) is 5.87. The van der Waals surface area contributed by atoms with E-state index in [1.807, 2.05) is 11.0 Å². The number of nitrogens with two attached hydrogens (primary N) is 1. The third-order valence-electron chi connectivity index (χ3n) is 10.7. The number of ether oxygens (including phenoxy) is 1. The fourth-order valence-corrected chi connectivity index (χ4v) is 9.19. The van der Waals surface area contributed by atoms with Crippen LogP contribution < -0.4 is 15.4 Å². The smallest absolute Gasteiger partial charge is 0.417 e. The Labute approximate surface area is 293 Å². The molecule has 0 unspecified atom stereocenters. The minimum Gasteiger partial charge on any atom is -0.461 e. The van der Waals surface area contributed by atoms with Crippen molar-refractivity contribution < 1.29 is 35.9 Å². The number of carbonyl (C=O) groups is 1. The van der Waals surface area contributed by atoms with E-state index in [2.05, 4.69) is 9.97 Å². The fraction of sp³-hybridized carbons (Fsp3) is 0.486. The lowest BCUT2D eigenvalue weighted by Gasteiger charge is -2.31. The van der Waals surface area contributed by atoms with Gasteiger partial charge in [0.05, 0.1) is 21.4 Å². The van der Waals surface area contributed by atoms with Crippen LogP contribution >= 0.6 is 11.3 Å². The number of nitrogen functional groups attached to an aromatic ring is 1. The highest BCUT2D eigenvalue weighted by Crippen LogP contribution is 2.49. The topological polar surface area (TPSA) is 112 Å². The maximum absolute atomic E-state index is 17.1. The molecule has 2 aromatic carbocycles. The Morgan fingerprint density at radius 2 is 1.98 bits per heavy atom. The minimum atomic E-state index is -5.11. The number of hydrogen-bond donors (Lipinski definition) is 1. The van der Waals surface area contributed by atoms with Crippen LogP contribution in [0, 0.1) is 28.9 Å². The van der Waals surface area contributed by atoms with Crippen molar-refractivity contribution >= 4 is 49.1 Å². The van der Waals surface area contributed by atoms with E-state index in [4.69, 9.17) is 10.5 Å². The Balaban J connectivity index is 1.42. The SMILES string of the molecule is CN(C)C(=O)[C@@H]1CC[C@@H](N(C)c2nc(OC[C@@]34CCCN3C[C@H](F)C4)nc3c(F)c(-c4ccc(F)c5sc(N)c(C#N)c45)c(C(F)(F)F)cc23)C1. The van der Waals surface area contributed by atoms with Gasteiger partial charge in [-0.25, -0.2) is 13.2 Å². The molecule has 9 nitrogen and oxygen atoms in total. The van der Waals surface area contributed by atoms with Gasteiger partial charge in [0.2, 0.25) is 5.91 Å². The van der Waals surface area contributed by atoms with Crippen molar-refractivity contribution in [2.75, 3.05) is 51.5 Å². The first-order chi connectivity index (χ1) is 24.1. The van der Waals surface area contributed by atoms with E-state index in [1.54, 1.807) is 26.0 Å². The first-order valence-corrected chi connectivity index (χ1v) is 17.4. The number of anilines is 2. The first kappa shape index (κ1) is 35.1. The number of carbonyl (C=O) groups excluding carboxylic acids is 1. The van der Waals surface area contributed by atoms with Crippen molar-refractivity contribution in [1.29, 1.82) is 5.26 Å². The third-order valence-corrected chi connectivity index (χ3v) is 11.7. The predicted molar refractivity (Wildman–Crippen MR) is 181 cm³/mol. The number of nitriles is 1. The zero-order chi connectivity index (χ0) is 36.6. The van der Waals surface area contributed by atoms with Crippen LogP contribution in [0.25, 0.3) is 32.1 Å². The van der Waals surface area contributed by atoms with Crippen molar-refractivity contribution in [3.63, 3.8) is 0 Å². The molecule has 4 aromatic rings. The van der Waals surface area contributed by atoms with Gasteiger partial charge < -0.3 is 20.3 Å². The molecule has 4 heterocycles. The molecule has 1 aliphatic carbocycles. The molecule has 3 fully saturated rings. The monoisotopic (exact) mass is 731 g/mol. The van der Waals surface area contributed by atoms with Crippen LogP contribution in [0.4, 0.5) is 37.2 Å². The van der Waals surface area contributed by atoms with Crippen molar-refractivity contribution in [2.24, 2.45) is 5.92 Å². The number of thiophene rings is 1. The lowest BCUT2D eigenvalue weighted by Crippen LogP contribution is -2.43. The summed E-state index contributed by atoms with van der Waals surface area (Å²) in [5.41, 5.74) is 1.90. The van der Waals surface area contributed by atoms with Gasteiger partial charge in [-0.15, -0.1) is 11.3 Å². The molecule has 0 bridgehead atoms. The van der Waals surface area contributed by atoms with Crippen LogP contribution in [0.5, 0.6) is 6.01 Å². The summed E-state index contributed by atoms with van der Waals surface area (Å²) < 4.78 is 97.5. The van der Waals surface area contributed by atoms with Crippen LogP contribution in [-0.4, -0.2) is 84.3 Å². The lowest BCUT2D eigenvalue weighted by molar-refractivity contribution is -0.137. The lowest BCUT2D eigenvalue weighted by atomic mass is 9.92. The second-order valence-corrected chi connectivity index (χ2v) is 15.0. The zero-order valence-corrected chi connectivity index (χ0v) is 28.9. The number of nitrogens with zero attached hydrogens (tertiary/aromatic N) is 6. The Morgan fingerprint density at radius 3 is 2.69 bits per heavy atom. The van der Waals surface area contributed by atoms with Crippen molar-refractivity contribution in [3.05, 3.63) is 41.0 Å². The Bertz CT molecular complexity index is 2100. The van der Waals surface area contributed by atoms with E-state index in [0.29, 0.717) is 43.6 Å². The van der Waals surface area contributed by atoms with Gasteiger partial charge in [-0.05, 0) is 56.3 Å². The van der Waals surface area contributed by atoms with E-state index in [1.165, 1.54) is 4.90 Å². The number of halogens is 6. The highest BCUT2D eigenvalue weighted by molar-refractivity contribution is 7.23. The number of hydrogen-bond acceptors (Lipinski definition) is 9. The average Bonchev–Trinajstić information content (AvgIpc) is 3.85. The summed E-state index contributed by atoms with van der Waals surface area (Å²) >= 11 is 0.681. The predicted octanol–water partition coefficient (Wildman–Crippen LogP) is 6.91. The maximum Gasteiger partial charge on any atom is 0.417 e. The van der Waals surface area contributed by atoms with Gasteiger partial charge in [-0.2, -0.15) is 28.4 Å². The molecule has 3 aliphatic rings. The summed E-state index contributed by atoms with van der Waals surface area (Å²) in [6.07, 6.45) is -2.98. The van der Waals surface area contributed by atoms with E-state index in [-0.39, 0.29) is 80.9 Å². The van der Waals surface area contributed by atoms with E-state index < -0.39 is 46.2 Å². The second-order valence-electron chi connectivity index (χ2n) is 14.0. The van der Waals surface area contributed by atoms with Gasteiger partial charge in [0.25, 0.3) is 0 Å². The van der Waals surface area contributed by atoms with Crippen LogP contribution in [0.3, 0.4) is 0 Å². The number of rotatable bonds is 7. The summed E-state index contributed by atoms with van der Waals surface area (Å²) in [6, 6.07) is 3.85. The highest BCUT2D eigenvalue weighted by atomic mass is 32.1. The molecule has 2 aromatic heterocycles. The molecule has 2 saturated heterocycles. The number of alkyl halides is 4. The molecule has 1 amide bonds. The summed E-state index contributed by atoms with van der Waals surface area (Å²) in [7, 11) is 4.93. The molecule has 4 atom stereocenters. The molecule has 16 heteroatoms. The molecule has 0 spiro atoms. The van der Waals surface area contributed by atoms with Crippen LogP contribution in [0.1, 0.15) is 49.7 Å². The average molecular weight is 732 g/mol. The minimum absolute atomic E-state index is 0.0156. The van der Waals surface area contributed by atoms with Gasteiger partial charge >= 0.3 is 12.2 Å². The van der Waals surface area contributed by atoms with Crippen LogP contribution in [-0.2, 0) is 11.0 Å². The van der Waals surface area contributed by atoms with Crippen LogP contribution in [0.15, 0.2) is 18.2 Å². The van der Waals surface area contributed by atoms with E-state index in [9.17, 15) is 18.8 Å². The largest absolute Gasteiger partial charge is 0.461 e. The van der Waals surface area contributed by atoms with Gasteiger partial charge in [0.15, 0.2) is 5.82 Å². The summed E-state index contributed by atoms with van der Waals surface area (Å²) in [5, 5.41) is 9.22. The molecular formula is C35H35F6N7O2S. The molecule has 2 aliphatic heterocycles. The fourth-order valence-electron chi connectivity index (χ4n) is 8.24.